The quantitative estimate of drug-likeness (QED) is 0.0477. The van der Waals surface area contributed by atoms with Crippen LogP contribution in [0.3, 0.4) is 0 Å². The SMILES string of the molecule is CNC(=O)[C@H](CC(C)C)N(C)C(=O)[C@@H](NN(C)C(=O)[C@@H](NC(=O)[C@H](CC(C)C)N(C)C(=O)[C@H](Cc1ccccc1)N(C)C(=O)[C@H](C)N(C)C(=O)[C@H](NC(=O)C[C@H](NC(=O)[C@@H](C)CC(C)C)C(=O)N(C)[C@@H](Cc1ccccc1)C(=O)N[C@@H](C)C(=O)N1CCCCC1)C(C)C)[C@@H](C)O)C(C)C. The lowest BCUT2D eigenvalue weighted by Gasteiger charge is -2.38. The fourth-order valence-electron chi connectivity index (χ4n) is 12.2. The van der Waals surface area contributed by atoms with E-state index < -0.39 is 150 Å². The molecule has 0 aliphatic carbocycles. The van der Waals surface area contributed by atoms with Gasteiger partial charge in [-0.2, -0.15) is 0 Å². The monoisotopic (exact) mass is 1390 g/mol. The molecule has 1 heterocycles. The molecule has 99 heavy (non-hydrogen) atoms. The van der Waals surface area contributed by atoms with Crippen LogP contribution in [-0.4, -0.2) is 239 Å². The maximum absolute atomic E-state index is 15.2. The van der Waals surface area contributed by atoms with E-state index in [1.54, 1.807) is 101 Å². The van der Waals surface area contributed by atoms with Crippen LogP contribution in [0.2, 0.25) is 0 Å². The molecule has 1 aliphatic heterocycles. The summed E-state index contributed by atoms with van der Waals surface area (Å²) in [5.74, 6) is -9.18. The summed E-state index contributed by atoms with van der Waals surface area (Å²) >= 11 is 0. The maximum atomic E-state index is 15.2. The van der Waals surface area contributed by atoms with Gasteiger partial charge in [0, 0.05) is 81.2 Å². The fourth-order valence-corrected chi connectivity index (χ4v) is 12.2. The number of benzene rings is 2. The maximum Gasteiger partial charge on any atom is 0.261 e. The molecule has 2 aromatic rings. The number of likely N-dealkylation sites (N-methyl/N-ethyl adjacent to an activating group) is 7. The van der Waals surface area contributed by atoms with Crippen LogP contribution in [0.25, 0.3) is 0 Å². The van der Waals surface area contributed by atoms with Crippen molar-refractivity contribution in [2.45, 2.75) is 221 Å². The second-order valence-electron chi connectivity index (χ2n) is 28.9. The number of hydrogen-bond acceptors (Lipinski definition) is 14. The number of aliphatic hydroxyl groups is 1. The molecule has 2 aromatic carbocycles. The number of nitrogens with zero attached hydrogens (tertiary/aromatic N) is 7. The Balaban J connectivity index is 1.97. The number of aliphatic hydroxyl groups excluding tert-OH is 1. The van der Waals surface area contributed by atoms with E-state index in [-0.39, 0.29) is 48.8 Å². The summed E-state index contributed by atoms with van der Waals surface area (Å²) in [6.07, 6.45) is 1.39. The third kappa shape index (κ3) is 25.3. The minimum absolute atomic E-state index is 0.0201. The Morgan fingerprint density at radius 3 is 1.36 bits per heavy atom. The van der Waals surface area contributed by atoms with E-state index in [1.807, 2.05) is 47.6 Å². The Kier molecular flexibility index (Phi) is 34.7. The van der Waals surface area contributed by atoms with Gasteiger partial charge >= 0.3 is 0 Å². The molecule has 1 fully saturated rings. The van der Waals surface area contributed by atoms with Crippen molar-refractivity contribution in [1.82, 2.24) is 66.4 Å². The molecule has 12 atom stereocenters. The van der Waals surface area contributed by atoms with Gasteiger partial charge in [-0.05, 0) is 100 Å². The van der Waals surface area contributed by atoms with E-state index in [1.165, 1.54) is 82.8 Å². The van der Waals surface area contributed by atoms with Crippen molar-refractivity contribution in [3.05, 3.63) is 71.8 Å². The summed E-state index contributed by atoms with van der Waals surface area (Å²) in [5, 5.41) is 25.8. The number of likely N-dealkylation sites (tertiary alicyclic amines) is 1. The van der Waals surface area contributed by atoms with Crippen LogP contribution >= 0.6 is 0 Å². The lowest BCUT2D eigenvalue weighted by atomic mass is 9.97. The molecule has 7 N–H and O–H groups in total. The summed E-state index contributed by atoms with van der Waals surface area (Å²) in [6, 6.07) is 5.55. The van der Waals surface area contributed by atoms with Gasteiger partial charge in [0.25, 0.3) is 5.91 Å². The Morgan fingerprint density at radius 2 is 0.889 bits per heavy atom. The summed E-state index contributed by atoms with van der Waals surface area (Å²) < 4.78 is 0. The van der Waals surface area contributed by atoms with Crippen LogP contribution in [-0.2, 0) is 70.4 Å². The van der Waals surface area contributed by atoms with Crippen molar-refractivity contribution in [3.8, 4) is 0 Å². The highest BCUT2D eigenvalue weighted by Crippen LogP contribution is 2.22. The van der Waals surface area contributed by atoms with Crippen LogP contribution in [0.5, 0.6) is 0 Å². The van der Waals surface area contributed by atoms with Crippen LogP contribution in [0, 0.1) is 35.5 Å². The first-order valence-corrected chi connectivity index (χ1v) is 35.1. The Bertz CT molecular complexity index is 3020. The molecule has 1 saturated heterocycles. The van der Waals surface area contributed by atoms with Crippen molar-refractivity contribution < 1.29 is 62.6 Å². The summed E-state index contributed by atoms with van der Waals surface area (Å²) in [7, 11) is 9.94. The number of nitrogens with one attached hydrogen (secondary N) is 6. The van der Waals surface area contributed by atoms with Crippen molar-refractivity contribution >= 4 is 70.9 Å². The first-order chi connectivity index (χ1) is 46.3. The molecule has 3 rings (SSSR count). The van der Waals surface area contributed by atoms with Gasteiger partial charge in [0.05, 0.1) is 12.5 Å². The number of rotatable bonds is 37. The van der Waals surface area contributed by atoms with Gasteiger partial charge in [-0.25, -0.2) is 5.43 Å². The molecule has 1 aliphatic rings. The molecule has 0 spiro atoms. The molecule has 0 bridgehead atoms. The van der Waals surface area contributed by atoms with Crippen LogP contribution in [0.15, 0.2) is 60.7 Å². The second kappa shape index (κ2) is 40.3. The van der Waals surface area contributed by atoms with Crippen LogP contribution in [0.4, 0.5) is 0 Å². The Labute approximate surface area is 588 Å². The Hall–Kier alpha value is -8.00. The van der Waals surface area contributed by atoms with Gasteiger partial charge in [-0.1, -0.05) is 137 Å². The minimum atomic E-state index is -1.60. The van der Waals surface area contributed by atoms with E-state index >= 15 is 4.79 Å². The number of amides is 12. The predicted octanol–water partition coefficient (Wildman–Crippen LogP) is 3.53. The lowest BCUT2D eigenvalue weighted by Crippen LogP contribution is -2.63. The predicted molar refractivity (Wildman–Crippen MR) is 380 cm³/mol. The smallest absolute Gasteiger partial charge is 0.261 e. The Morgan fingerprint density at radius 1 is 0.444 bits per heavy atom. The van der Waals surface area contributed by atoms with Gasteiger partial charge in [-0.3, -0.25) is 62.5 Å². The highest BCUT2D eigenvalue weighted by molar-refractivity contribution is 5.99. The molecule has 0 radical (unpaired) electrons. The van der Waals surface area contributed by atoms with Gasteiger partial charge < -0.3 is 61.1 Å². The molecular weight excluding hydrogens is 1270 g/mol. The summed E-state index contributed by atoms with van der Waals surface area (Å²) in [6.45, 7) is 25.5. The minimum Gasteiger partial charge on any atom is -0.391 e. The first kappa shape index (κ1) is 85.2. The molecule has 26 heteroatoms. The molecular formula is C73H119N13O13. The van der Waals surface area contributed by atoms with E-state index in [0.29, 0.717) is 37.1 Å². The third-order valence-electron chi connectivity index (χ3n) is 18.5. The largest absolute Gasteiger partial charge is 0.391 e. The summed E-state index contributed by atoms with van der Waals surface area (Å²) in [4.78, 5) is 180. The van der Waals surface area contributed by atoms with Crippen molar-refractivity contribution in [2.75, 3.05) is 62.4 Å². The normalized spacial score (nSPS) is 16.1. The number of piperidine rings is 1. The standard InChI is InChI=1S/C73H119N13O13/c1-43(2)37-48(11)63(89)76-54(69(95)81(17)57(40-52-31-25-22-26-32-52)65(91)75-49(12)67(93)86-35-29-24-30-36-86)42-59(88)77-60(46(7)8)71(97)80(16)50(13)68(94)84(20)58(41-53-33-27-23-28-34-53)70(96)82(18)56(39-45(5)6)66(92)78-62(51(14)87)73(99)85(21)79-61(47(9)10)72(98)83(19)55(38-44(3)4)64(90)74-15/h22-23,25-28,31-34,43-51,54-58,60-62,79,87H,24,29-30,35-42H2,1-21H3,(H,74,90)(H,75,91)(H,76,89)(H,77,88)(H,78,92)/t48-,49-,50-,51+,54-,55-,56-,57-,58-,60+,61-,62-/m0/s1. The van der Waals surface area contributed by atoms with E-state index in [4.69, 9.17) is 0 Å². The lowest BCUT2D eigenvalue weighted by molar-refractivity contribution is -0.152. The molecule has 26 nitrogen and oxygen atoms in total. The number of hydrazine groups is 1. The zero-order valence-electron chi connectivity index (χ0n) is 62.8. The van der Waals surface area contributed by atoms with Crippen LogP contribution < -0.4 is 32.0 Å². The highest BCUT2D eigenvalue weighted by Gasteiger charge is 2.43. The van der Waals surface area contributed by atoms with E-state index in [2.05, 4.69) is 32.0 Å². The van der Waals surface area contributed by atoms with Crippen LogP contribution in [0.1, 0.15) is 153 Å². The number of hydrogen-bond donors (Lipinski definition) is 7. The van der Waals surface area contributed by atoms with Crippen molar-refractivity contribution in [3.63, 3.8) is 0 Å². The zero-order valence-corrected chi connectivity index (χ0v) is 62.8. The average molecular weight is 1390 g/mol. The van der Waals surface area contributed by atoms with E-state index in [0.717, 1.165) is 29.2 Å². The fraction of sp³-hybridized carbons (Fsp3) is 0.671. The molecule has 0 unspecified atom stereocenters. The van der Waals surface area contributed by atoms with E-state index in [9.17, 15) is 57.8 Å². The van der Waals surface area contributed by atoms with Crippen molar-refractivity contribution in [1.29, 1.82) is 0 Å². The molecule has 554 valence electrons. The van der Waals surface area contributed by atoms with Gasteiger partial charge in [-0.15, -0.1) is 0 Å². The number of carbonyl (C=O) groups excluding carboxylic acids is 12. The summed E-state index contributed by atoms with van der Waals surface area (Å²) in [5.41, 5.74) is 4.29. The molecule has 12 amide bonds. The second-order valence-corrected chi connectivity index (χ2v) is 28.9. The van der Waals surface area contributed by atoms with Gasteiger partial charge in [0.1, 0.15) is 60.4 Å². The highest BCUT2D eigenvalue weighted by atomic mass is 16.3. The average Bonchev–Trinajstić information content (AvgIpc) is 0.820. The molecule has 0 aromatic heterocycles. The van der Waals surface area contributed by atoms with Gasteiger partial charge in [0.2, 0.25) is 65.0 Å². The van der Waals surface area contributed by atoms with Gasteiger partial charge in [0.15, 0.2) is 0 Å². The zero-order chi connectivity index (χ0) is 75.0. The first-order valence-electron chi connectivity index (χ1n) is 35.1. The third-order valence-corrected chi connectivity index (χ3v) is 18.5. The molecule has 0 saturated carbocycles. The topological polar surface area (TPSA) is 320 Å². The number of carbonyl (C=O) groups is 12. The van der Waals surface area contributed by atoms with Crippen molar-refractivity contribution in [2.24, 2.45) is 35.5 Å².